The normalized spacial score (nSPS) is 19.9. The van der Waals surface area contributed by atoms with Crippen LogP contribution in [0.2, 0.25) is 0 Å². The van der Waals surface area contributed by atoms with E-state index in [0.717, 1.165) is 60.1 Å². The van der Waals surface area contributed by atoms with Crippen LogP contribution in [0.15, 0.2) is 60.8 Å². The van der Waals surface area contributed by atoms with E-state index in [2.05, 4.69) is 67.0 Å². The molecular formula is C26H29ClN8O. The summed E-state index contributed by atoms with van der Waals surface area (Å²) in [5, 5.41) is 11.1. The fourth-order valence-electron chi connectivity index (χ4n) is 4.42. The number of nitrogens with one attached hydrogen (secondary N) is 4. The number of rotatable bonds is 8. The first-order valence-corrected chi connectivity index (χ1v) is 12.7. The largest absolute Gasteiger partial charge is 0.369 e. The van der Waals surface area contributed by atoms with E-state index in [0.29, 0.717) is 11.8 Å². The number of aromatic amines is 1. The van der Waals surface area contributed by atoms with Crippen molar-refractivity contribution in [2.45, 2.75) is 12.3 Å². The number of fused-ring (bicyclic) bond motifs is 1. The van der Waals surface area contributed by atoms with Crippen molar-refractivity contribution in [2.75, 3.05) is 60.0 Å². The quantitative estimate of drug-likeness (QED) is 0.205. The van der Waals surface area contributed by atoms with Gasteiger partial charge in [-0.15, -0.1) is 11.6 Å². The van der Waals surface area contributed by atoms with Gasteiger partial charge in [0, 0.05) is 55.1 Å². The molecule has 2 aliphatic heterocycles. The Hall–Kier alpha value is -3.53. The highest BCUT2D eigenvalue weighted by molar-refractivity contribution is 6.18. The molecule has 2 saturated heterocycles. The molecule has 2 aromatic carbocycles. The zero-order valence-electron chi connectivity index (χ0n) is 20.0. The summed E-state index contributed by atoms with van der Waals surface area (Å²) in [5.74, 6) is 1.72. The molecule has 0 spiro atoms. The average Bonchev–Trinajstić information content (AvgIpc) is 3.46. The lowest BCUT2D eigenvalue weighted by atomic mass is 10.2. The first-order valence-electron chi connectivity index (χ1n) is 12.2. The molecule has 2 aromatic heterocycles. The number of H-pyrrole nitrogens is 1. The van der Waals surface area contributed by atoms with Crippen LogP contribution < -0.4 is 20.9 Å². The van der Waals surface area contributed by atoms with Crippen LogP contribution in [0.1, 0.15) is 0 Å². The van der Waals surface area contributed by atoms with Gasteiger partial charge in [-0.05, 0) is 55.6 Å². The van der Waals surface area contributed by atoms with Crippen LogP contribution in [0.3, 0.4) is 0 Å². The monoisotopic (exact) mass is 504 g/mol. The minimum absolute atomic E-state index is 0.0355. The Morgan fingerprint density at radius 3 is 2.56 bits per heavy atom. The number of alkyl halides is 1. The lowest BCUT2D eigenvalue weighted by molar-refractivity contribution is 0.313. The Labute approximate surface area is 214 Å². The average molecular weight is 505 g/mol. The number of benzene rings is 2. The van der Waals surface area contributed by atoms with Crippen molar-refractivity contribution in [1.82, 2.24) is 19.9 Å². The first-order chi connectivity index (χ1) is 17.6. The smallest absolute Gasteiger partial charge is 0.231 e. The topological polar surface area (TPSA) is 96.7 Å². The van der Waals surface area contributed by atoms with Gasteiger partial charge in [-0.1, -0.05) is 6.07 Å². The minimum Gasteiger partial charge on any atom is -0.369 e. The zero-order chi connectivity index (χ0) is 24.5. The number of hydrogen-bond acceptors (Lipinski definition) is 8. The summed E-state index contributed by atoms with van der Waals surface area (Å²) in [6.07, 6.45) is 1.90. The van der Waals surface area contributed by atoms with Gasteiger partial charge in [0.25, 0.3) is 0 Å². The van der Waals surface area contributed by atoms with Crippen LogP contribution in [-0.2, 0) is 4.74 Å². The summed E-state index contributed by atoms with van der Waals surface area (Å²) in [5.41, 5.74) is 4.80. The van der Waals surface area contributed by atoms with Gasteiger partial charge in [0.2, 0.25) is 5.95 Å². The Balaban J connectivity index is 1.18. The number of ether oxygens (including phenoxy) is 1. The second kappa shape index (κ2) is 9.85. The summed E-state index contributed by atoms with van der Waals surface area (Å²) >= 11 is 5.86. The van der Waals surface area contributed by atoms with Crippen molar-refractivity contribution in [3.05, 3.63) is 60.8 Å². The van der Waals surface area contributed by atoms with Crippen molar-refractivity contribution in [2.24, 2.45) is 0 Å². The third kappa shape index (κ3) is 5.04. The number of likely N-dealkylation sites (N-methyl/N-ethyl adjacent to an activating group) is 1. The fraction of sp³-hybridized carbons (Fsp3) is 0.308. The van der Waals surface area contributed by atoms with E-state index in [1.165, 1.54) is 5.69 Å². The number of halogens is 1. The highest BCUT2D eigenvalue weighted by Gasteiger charge is 2.37. The number of aromatic nitrogens is 3. The molecule has 2 atom stereocenters. The van der Waals surface area contributed by atoms with Gasteiger partial charge in [0.1, 0.15) is 17.6 Å². The predicted molar refractivity (Wildman–Crippen MR) is 146 cm³/mol. The zero-order valence-corrected chi connectivity index (χ0v) is 20.8. The third-order valence-electron chi connectivity index (χ3n) is 6.58. The van der Waals surface area contributed by atoms with Crippen molar-refractivity contribution in [3.63, 3.8) is 0 Å². The van der Waals surface area contributed by atoms with Crippen LogP contribution in [0.5, 0.6) is 0 Å². The van der Waals surface area contributed by atoms with Gasteiger partial charge < -0.3 is 35.5 Å². The molecule has 2 fully saturated rings. The highest BCUT2D eigenvalue weighted by atomic mass is 35.5. The molecule has 10 heteroatoms. The van der Waals surface area contributed by atoms with Crippen molar-refractivity contribution < 1.29 is 4.74 Å². The molecule has 4 aromatic rings. The van der Waals surface area contributed by atoms with Gasteiger partial charge in [0.05, 0.1) is 11.3 Å². The second-order valence-corrected chi connectivity index (χ2v) is 9.51. The molecule has 0 amide bonds. The lowest BCUT2D eigenvalue weighted by Gasteiger charge is -2.34. The molecule has 4 N–H and O–H groups in total. The van der Waals surface area contributed by atoms with Gasteiger partial charge in [-0.25, -0.2) is 0 Å². The molecule has 6 rings (SSSR count). The molecule has 0 radical (unpaired) electrons. The first kappa shape index (κ1) is 22.9. The van der Waals surface area contributed by atoms with E-state index >= 15 is 0 Å². The summed E-state index contributed by atoms with van der Waals surface area (Å²) < 4.78 is 5.49. The summed E-state index contributed by atoms with van der Waals surface area (Å²) in [4.78, 5) is 17.4. The Morgan fingerprint density at radius 2 is 1.78 bits per heavy atom. The number of piperazine rings is 1. The summed E-state index contributed by atoms with van der Waals surface area (Å²) in [6.45, 7) is 4.26. The maximum Gasteiger partial charge on any atom is 0.231 e. The Kier molecular flexibility index (Phi) is 6.27. The summed E-state index contributed by atoms with van der Waals surface area (Å²) in [6, 6.07) is 18.4. The van der Waals surface area contributed by atoms with E-state index in [9.17, 15) is 0 Å². The van der Waals surface area contributed by atoms with E-state index in [-0.39, 0.29) is 12.3 Å². The standard InChI is InChI=1S/C26H29ClN8O/c1-34-11-13-35(14-12-34)20-7-5-17(6-8-20)31-26-32-23-21(9-10-28-23)24(33-26)29-18-3-2-4-19(15-18)30-25-22(16-27)36-25/h2-10,15,22,25,30H,11-14,16H2,1H3,(H3,28,29,31,32,33). The maximum absolute atomic E-state index is 5.86. The number of nitrogens with zero attached hydrogens (tertiary/aromatic N) is 4. The second-order valence-electron chi connectivity index (χ2n) is 9.20. The molecule has 0 aliphatic carbocycles. The highest BCUT2D eigenvalue weighted by Crippen LogP contribution is 2.30. The van der Waals surface area contributed by atoms with Crippen molar-refractivity contribution >= 4 is 57.2 Å². The lowest BCUT2D eigenvalue weighted by Crippen LogP contribution is -2.44. The Morgan fingerprint density at radius 1 is 0.972 bits per heavy atom. The Bertz CT molecular complexity index is 1340. The third-order valence-corrected chi connectivity index (χ3v) is 6.88. The molecule has 2 aliphatic rings. The molecule has 36 heavy (non-hydrogen) atoms. The predicted octanol–water partition coefficient (Wildman–Crippen LogP) is 4.57. The van der Waals surface area contributed by atoms with E-state index in [1.807, 2.05) is 36.5 Å². The van der Waals surface area contributed by atoms with Crippen molar-refractivity contribution in [1.29, 1.82) is 0 Å². The fourth-order valence-corrected chi connectivity index (χ4v) is 4.65. The van der Waals surface area contributed by atoms with Crippen LogP contribution in [0, 0.1) is 0 Å². The van der Waals surface area contributed by atoms with Gasteiger partial charge >= 0.3 is 0 Å². The maximum atomic E-state index is 5.86. The molecular weight excluding hydrogens is 476 g/mol. The molecule has 2 unspecified atom stereocenters. The van der Waals surface area contributed by atoms with Crippen LogP contribution in [0.4, 0.5) is 34.5 Å². The molecule has 9 nitrogen and oxygen atoms in total. The minimum atomic E-state index is -0.0355. The van der Waals surface area contributed by atoms with Gasteiger partial charge in [-0.2, -0.15) is 9.97 Å². The number of hydrogen-bond donors (Lipinski definition) is 4. The van der Waals surface area contributed by atoms with E-state index in [4.69, 9.17) is 21.3 Å². The van der Waals surface area contributed by atoms with Crippen LogP contribution in [-0.4, -0.2) is 71.3 Å². The molecule has 186 valence electrons. The summed E-state index contributed by atoms with van der Waals surface area (Å²) in [7, 11) is 2.17. The van der Waals surface area contributed by atoms with E-state index < -0.39 is 0 Å². The van der Waals surface area contributed by atoms with Gasteiger partial charge in [-0.3, -0.25) is 0 Å². The SMILES string of the molecule is CN1CCN(c2ccc(Nc3nc(Nc4cccc(NC5OC5CCl)c4)c4cc[nH]c4n3)cc2)CC1. The molecule has 0 saturated carbocycles. The van der Waals surface area contributed by atoms with Crippen LogP contribution in [0.25, 0.3) is 11.0 Å². The number of epoxide rings is 1. The van der Waals surface area contributed by atoms with Gasteiger partial charge in [0.15, 0.2) is 6.23 Å². The van der Waals surface area contributed by atoms with Crippen molar-refractivity contribution in [3.8, 4) is 0 Å². The molecule has 0 bridgehead atoms. The van der Waals surface area contributed by atoms with Crippen LogP contribution >= 0.6 is 11.6 Å². The van der Waals surface area contributed by atoms with E-state index in [1.54, 1.807) is 0 Å². The number of anilines is 6. The molecule has 4 heterocycles.